The highest BCUT2D eigenvalue weighted by molar-refractivity contribution is 7.89. The fourth-order valence-corrected chi connectivity index (χ4v) is 3.32. The zero-order valence-corrected chi connectivity index (χ0v) is 14.7. The fourth-order valence-electron chi connectivity index (χ4n) is 2.02. The van der Waals surface area contributed by atoms with E-state index in [0.29, 0.717) is 10.6 Å². The van der Waals surface area contributed by atoms with Gasteiger partial charge < -0.3 is 5.32 Å². The summed E-state index contributed by atoms with van der Waals surface area (Å²) < 4.78 is 40.2. The molecule has 0 radical (unpaired) electrons. The van der Waals surface area contributed by atoms with E-state index in [1.54, 1.807) is 24.3 Å². The zero-order valence-electron chi connectivity index (χ0n) is 13.1. The first-order valence-corrected chi connectivity index (χ1v) is 9.13. The molecule has 25 heavy (non-hydrogen) atoms. The van der Waals surface area contributed by atoms with Crippen molar-refractivity contribution < 1.29 is 17.6 Å². The van der Waals surface area contributed by atoms with Crippen LogP contribution in [0.15, 0.2) is 60.0 Å². The summed E-state index contributed by atoms with van der Waals surface area (Å²) in [6.07, 6.45) is 1.33. The Balaban J connectivity index is 2.19. The van der Waals surface area contributed by atoms with Gasteiger partial charge in [0.2, 0.25) is 10.0 Å². The van der Waals surface area contributed by atoms with Crippen molar-refractivity contribution in [2.24, 2.45) is 0 Å². The van der Waals surface area contributed by atoms with E-state index in [1.807, 2.05) is 0 Å². The third kappa shape index (κ3) is 4.88. The molecule has 5 nitrogen and oxygen atoms in total. The van der Waals surface area contributed by atoms with E-state index in [4.69, 9.17) is 11.6 Å². The molecule has 2 aromatic carbocycles. The lowest BCUT2D eigenvalue weighted by Crippen LogP contribution is -2.26. The summed E-state index contributed by atoms with van der Waals surface area (Å²) >= 11 is 6.01. The number of hydrogen-bond donors (Lipinski definition) is 2. The van der Waals surface area contributed by atoms with E-state index < -0.39 is 26.6 Å². The number of nitrogens with one attached hydrogen (secondary N) is 2. The second kappa shape index (κ2) is 8.24. The Hall–Kier alpha value is -2.22. The van der Waals surface area contributed by atoms with Gasteiger partial charge in [0, 0.05) is 23.7 Å². The summed E-state index contributed by atoms with van der Waals surface area (Å²) in [6.45, 7) is 3.50. The van der Waals surface area contributed by atoms with Crippen LogP contribution in [0.4, 0.5) is 4.39 Å². The van der Waals surface area contributed by atoms with Gasteiger partial charge in [-0.25, -0.2) is 17.5 Å². The Kier molecular flexibility index (Phi) is 6.30. The number of halogens is 2. The number of rotatable bonds is 7. The van der Waals surface area contributed by atoms with Crippen LogP contribution in [0, 0.1) is 5.82 Å². The Morgan fingerprint density at radius 3 is 2.64 bits per heavy atom. The normalized spacial score (nSPS) is 11.1. The summed E-state index contributed by atoms with van der Waals surface area (Å²) in [6, 6.07) is 10.1. The Labute approximate surface area is 150 Å². The second-order valence-electron chi connectivity index (χ2n) is 5.06. The molecule has 0 aromatic heterocycles. The van der Waals surface area contributed by atoms with Gasteiger partial charge in [0.1, 0.15) is 10.7 Å². The molecule has 0 bridgehead atoms. The van der Waals surface area contributed by atoms with Crippen LogP contribution in [0.3, 0.4) is 0 Å². The van der Waals surface area contributed by atoms with E-state index in [0.717, 1.165) is 12.1 Å². The molecular weight excluding hydrogens is 367 g/mol. The van der Waals surface area contributed by atoms with Crippen molar-refractivity contribution in [3.8, 4) is 0 Å². The van der Waals surface area contributed by atoms with Crippen LogP contribution in [-0.2, 0) is 16.6 Å². The van der Waals surface area contributed by atoms with Gasteiger partial charge in [-0.15, -0.1) is 6.58 Å². The van der Waals surface area contributed by atoms with Crippen molar-refractivity contribution in [3.05, 3.63) is 77.1 Å². The molecule has 2 N–H and O–H groups in total. The van der Waals surface area contributed by atoms with Crippen molar-refractivity contribution in [1.29, 1.82) is 0 Å². The first kappa shape index (κ1) is 19.1. The SMILES string of the molecule is C=CCNS(=O)(=O)c1cc(C(=O)NCc2ccccc2Cl)ccc1F. The van der Waals surface area contributed by atoms with Crippen LogP contribution in [-0.4, -0.2) is 20.9 Å². The quantitative estimate of drug-likeness (QED) is 0.723. The van der Waals surface area contributed by atoms with Gasteiger partial charge in [-0.05, 0) is 29.8 Å². The summed E-state index contributed by atoms with van der Waals surface area (Å²) in [7, 11) is -4.08. The average molecular weight is 383 g/mol. The van der Waals surface area contributed by atoms with Gasteiger partial charge in [-0.1, -0.05) is 35.9 Å². The number of carbonyl (C=O) groups excluding carboxylic acids is 1. The molecule has 0 aliphatic rings. The zero-order chi connectivity index (χ0) is 18.4. The predicted molar refractivity (Wildman–Crippen MR) is 94.4 cm³/mol. The Morgan fingerprint density at radius 2 is 1.96 bits per heavy atom. The molecule has 0 spiro atoms. The second-order valence-corrected chi connectivity index (χ2v) is 7.20. The molecular formula is C17H16ClFN2O3S. The number of carbonyl (C=O) groups is 1. The number of hydrogen-bond acceptors (Lipinski definition) is 3. The molecule has 1 amide bonds. The van der Waals surface area contributed by atoms with Crippen molar-refractivity contribution in [3.63, 3.8) is 0 Å². The smallest absolute Gasteiger partial charge is 0.251 e. The molecule has 0 saturated heterocycles. The summed E-state index contributed by atoms with van der Waals surface area (Å²) in [5, 5.41) is 3.12. The van der Waals surface area contributed by atoms with Crippen LogP contribution in [0.2, 0.25) is 5.02 Å². The maximum Gasteiger partial charge on any atom is 0.251 e. The largest absolute Gasteiger partial charge is 0.348 e. The third-order valence-corrected chi connectivity index (χ3v) is 5.11. The minimum atomic E-state index is -4.08. The summed E-state index contributed by atoms with van der Waals surface area (Å²) in [4.78, 5) is 11.6. The lowest BCUT2D eigenvalue weighted by molar-refractivity contribution is 0.0950. The van der Waals surface area contributed by atoms with Crippen molar-refractivity contribution in [1.82, 2.24) is 10.0 Å². The van der Waals surface area contributed by atoms with Crippen LogP contribution < -0.4 is 10.0 Å². The van der Waals surface area contributed by atoms with E-state index in [9.17, 15) is 17.6 Å². The van der Waals surface area contributed by atoms with Crippen molar-refractivity contribution >= 4 is 27.5 Å². The van der Waals surface area contributed by atoms with Gasteiger partial charge in [0.05, 0.1) is 0 Å². The average Bonchev–Trinajstić information content (AvgIpc) is 2.59. The molecule has 132 valence electrons. The predicted octanol–water partition coefficient (Wildman–Crippen LogP) is 2.87. The molecule has 2 aromatic rings. The van der Waals surface area contributed by atoms with Gasteiger partial charge >= 0.3 is 0 Å². The maximum absolute atomic E-state index is 13.9. The molecule has 8 heteroatoms. The first-order chi connectivity index (χ1) is 11.8. The number of amides is 1. The summed E-state index contributed by atoms with van der Waals surface area (Å²) in [5.41, 5.74) is 0.729. The van der Waals surface area contributed by atoms with Gasteiger partial charge in [-0.2, -0.15) is 0 Å². The highest BCUT2D eigenvalue weighted by Crippen LogP contribution is 2.17. The van der Waals surface area contributed by atoms with E-state index >= 15 is 0 Å². The lowest BCUT2D eigenvalue weighted by Gasteiger charge is -2.10. The minimum Gasteiger partial charge on any atom is -0.348 e. The molecule has 0 unspecified atom stereocenters. The highest BCUT2D eigenvalue weighted by atomic mass is 35.5. The fraction of sp³-hybridized carbons (Fsp3) is 0.118. The maximum atomic E-state index is 13.9. The lowest BCUT2D eigenvalue weighted by atomic mass is 10.2. The highest BCUT2D eigenvalue weighted by Gasteiger charge is 2.20. The van der Waals surface area contributed by atoms with Gasteiger partial charge in [0.15, 0.2) is 0 Å². The molecule has 0 heterocycles. The number of benzene rings is 2. The standard InChI is InChI=1S/C17H16ClFN2O3S/c1-2-9-21-25(23,24)16-10-12(7-8-15(16)19)17(22)20-11-13-5-3-4-6-14(13)18/h2-8,10,21H,1,9,11H2,(H,20,22). The molecule has 0 saturated carbocycles. The monoisotopic (exact) mass is 382 g/mol. The molecule has 0 atom stereocenters. The van der Waals surface area contributed by atoms with Gasteiger partial charge in [-0.3, -0.25) is 4.79 Å². The third-order valence-electron chi connectivity index (χ3n) is 3.30. The van der Waals surface area contributed by atoms with Gasteiger partial charge in [0.25, 0.3) is 5.91 Å². The van der Waals surface area contributed by atoms with Crippen molar-refractivity contribution in [2.75, 3.05) is 6.54 Å². The Morgan fingerprint density at radius 1 is 1.24 bits per heavy atom. The van der Waals surface area contributed by atoms with Crippen LogP contribution in [0.5, 0.6) is 0 Å². The molecule has 0 aliphatic carbocycles. The van der Waals surface area contributed by atoms with Crippen LogP contribution >= 0.6 is 11.6 Å². The van der Waals surface area contributed by atoms with Crippen molar-refractivity contribution in [2.45, 2.75) is 11.4 Å². The molecule has 2 rings (SSSR count). The van der Waals surface area contributed by atoms with E-state index in [-0.39, 0.29) is 18.7 Å². The molecule has 0 fully saturated rings. The van der Waals surface area contributed by atoms with Crippen LogP contribution in [0.25, 0.3) is 0 Å². The first-order valence-electron chi connectivity index (χ1n) is 7.27. The minimum absolute atomic E-state index is 0.0208. The summed E-state index contributed by atoms with van der Waals surface area (Å²) in [5.74, 6) is -1.49. The number of sulfonamides is 1. The molecule has 0 aliphatic heterocycles. The topological polar surface area (TPSA) is 75.3 Å². The van der Waals surface area contributed by atoms with E-state index in [2.05, 4.69) is 16.6 Å². The van der Waals surface area contributed by atoms with Crippen LogP contribution in [0.1, 0.15) is 15.9 Å². The Bertz CT molecular complexity index is 901. The van der Waals surface area contributed by atoms with E-state index in [1.165, 1.54) is 12.1 Å².